The fourth-order valence-electron chi connectivity index (χ4n) is 4.47. The molecule has 1 radical (unpaired) electrons. The number of pyridine rings is 2. The third-order valence-corrected chi connectivity index (χ3v) is 6.67. The molecule has 4 nitrogen and oxygen atoms in total. The van der Waals surface area contributed by atoms with Crippen LogP contribution in [0, 0.1) is 26.0 Å². The maximum atomic E-state index is 4.77. The predicted molar refractivity (Wildman–Crippen MR) is 155 cm³/mol. The van der Waals surface area contributed by atoms with Gasteiger partial charge < -0.3 is 4.98 Å². The SMILES string of the molecule is Cc1c[c-]c(-c2ncc3ccc4cnccc4c3n2)cc1C.[Ir].[c-]1ccccc1-c1nccc2ccccc12. The number of aryl methyl sites for hydroxylation is 2. The van der Waals surface area contributed by atoms with E-state index in [-0.39, 0.29) is 20.1 Å². The Morgan fingerprint density at radius 2 is 1.49 bits per heavy atom. The van der Waals surface area contributed by atoms with Crippen LogP contribution in [0.3, 0.4) is 0 Å². The van der Waals surface area contributed by atoms with Gasteiger partial charge in [-0.25, -0.2) is 0 Å². The van der Waals surface area contributed by atoms with Crippen molar-refractivity contribution in [3.63, 3.8) is 0 Å². The molecular weight excluding hydrogens is 657 g/mol. The van der Waals surface area contributed by atoms with E-state index < -0.39 is 0 Å². The van der Waals surface area contributed by atoms with E-state index in [1.165, 1.54) is 21.9 Å². The smallest absolute Gasteiger partial charge is 0.0756 e. The van der Waals surface area contributed by atoms with Crippen LogP contribution in [-0.2, 0) is 20.1 Å². The van der Waals surface area contributed by atoms with Crippen LogP contribution in [0.15, 0.2) is 110 Å². The Kier molecular flexibility index (Phi) is 7.83. The molecule has 0 saturated heterocycles. The molecule has 0 fully saturated rings. The Morgan fingerprint density at radius 1 is 0.641 bits per heavy atom. The Morgan fingerprint density at radius 3 is 2.33 bits per heavy atom. The molecule has 0 unspecified atom stereocenters. The summed E-state index contributed by atoms with van der Waals surface area (Å²) in [5.41, 5.74) is 6.37. The van der Waals surface area contributed by atoms with Gasteiger partial charge in [0.1, 0.15) is 0 Å². The van der Waals surface area contributed by atoms with Crippen molar-refractivity contribution in [2.45, 2.75) is 13.8 Å². The molecule has 39 heavy (non-hydrogen) atoms. The summed E-state index contributed by atoms with van der Waals surface area (Å²) in [4.78, 5) is 17.9. The van der Waals surface area contributed by atoms with Crippen molar-refractivity contribution in [2.75, 3.05) is 0 Å². The van der Waals surface area contributed by atoms with E-state index in [0.717, 1.165) is 38.5 Å². The van der Waals surface area contributed by atoms with Gasteiger partial charge in [0.15, 0.2) is 0 Å². The van der Waals surface area contributed by atoms with Crippen molar-refractivity contribution in [1.29, 1.82) is 0 Å². The molecule has 191 valence electrons. The average Bonchev–Trinajstić information content (AvgIpc) is 2.99. The summed E-state index contributed by atoms with van der Waals surface area (Å²) >= 11 is 0. The van der Waals surface area contributed by atoms with E-state index in [1.807, 2.05) is 79.3 Å². The Balaban J connectivity index is 0.000000161. The first-order valence-corrected chi connectivity index (χ1v) is 12.5. The second kappa shape index (κ2) is 11.6. The number of hydrogen-bond donors (Lipinski definition) is 0. The van der Waals surface area contributed by atoms with Crippen molar-refractivity contribution in [3.8, 4) is 22.6 Å². The van der Waals surface area contributed by atoms with Crippen LogP contribution in [0.2, 0.25) is 0 Å². The summed E-state index contributed by atoms with van der Waals surface area (Å²) in [6.45, 7) is 4.17. The van der Waals surface area contributed by atoms with Crippen molar-refractivity contribution in [2.24, 2.45) is 0 Å². The molecule has 0 aliphatic heterocycles. The zero-order valence-corrected chi connectivity index (χ0v) is 23.9. The zero-order valence-electron chi connectivity index (χ0n) is 21.5. The predicted octanol–water partition coefficient (Wildman–Crippen LogP) is 7.96. The second-order valence-electron chi connectivity index (χ2n) is 9.16. The molecule has 3 aromatic heterocycles. The number of rotatable bonds is 2. The molecular formula is C34H24IrN4-2. The normalized spacial score (nSPS) is 10.6. The summed E-state index contributed by atoms with van der Waals surface area (Å²) in [6.07, 6.45) is 7.38. The summed E-state index contributed by atoms with van der Waals surface area (Å²) < 4.78 is 0. The largest absolute Gasteiger partial charge is 0.304 e. The van der Waals surface area contributed by atoms with E-state index >= 15 is 0 Å². The van der Waals surface area contributed by atoms with Gasteiger partial charge in [0.25, 0.3) is 0 Å². The third kappa shape index (κ3) is 5.46. The zero-order chi connectivity index (χ0) is 25.9. The fraction of sp³-hybridized carbons (Fsp3) is 0.0588. The van der Waals surface area contributed by atoms with Gasteiger partial charge in [-0.3, -0.25) is 15.0 Å². The van der Waals surface area contributed by atoms with Gasteiger partial charge in [0, 0.05) is 61.1 Å². The van der Waals surface area contributed by atoms with Crippen molar-refractivity contribution in [1.82, 2.24) is 19.9 Å². The molecule has 0 N–H and O–H groups in total. The quantitative estimate of drug-likeness (QED) is 0.137. The molecule has 0 spiro atoms. The molecule has 7 aromatic rings. The van der Waals surface area contributed by atoms with Gasteiger partial charge in [0.2, 0.25) is 0 Å². The van der Waals surface area contributed by atoms with Gasteiger partial charge in [-0.2, -0.15) is 0 Å². The van der Waals surface area contributed by atoms with E-state index in [1.54, 1.807) is 6.20 Å². The Bertz CT molecular complexity index is 1900. The molecule has 0 atom stereocenters. The van der Waals surface area contributed by atoms with Crippen LogP contribution in [0.25, 0.3) is 55.1 Å². The monoisotopic (exact) mass is 681 g/mol. The second-order valence-corrected chi connectivity index (χ2v) is 9.16. The Labute approximate surface area is 241 Å². The minimum atomic E-state index is 0. The van der Waals surface area contributed by atoms with Crippen molar-refractivity contribution >= 4 is 32.4 Å². The average molecular weight is 681 g/mol. The first-order valence-electron chi connectivity index (χ1n) is 12.5. The van der Waals surface area contributed by atoms with Crippen LogP contribution in [0.5, 0.6) is 0 Å². The van der Waals surface area contributed by atoms with Crippen LogP contribution in [0.1, 0.15) is 11.1 Å². The summed E-state index contributed by atoms with van der Waals surface area (Å²) in [7, 11) is 0. The van der Waals surface area contributed by atoms with Crippen molar-refractivity contribution in [3.05, 3.63) is 133 Å². The van der Waals surface area contributed by atoms with Gasteiger partial charge in [-0.1, -0.05) is 50.2 Å². The summed E-state index contributed by atoms with van der Waals surface area (Å²) in [5, 5.41) is 5.60. The fourth-order valence-corrected chi connectivity index (χ4v) is 4.47. The molecule has 3 heterocycles. The van der Waals surface area contributed by atoms with Crippen molar-refractivity contribution < 1.29 is 20.1 Å². The molecule has 5 heteroatoms. The number of aromatic nitrogens is 4. The van der Waals surface area contributed by atoms with Gasteiger partial charge >= 0.3 is 0 Å². The number of hydrogen-bond acceptors (Lipinski definition) is 4. The molecule has 0 aliphatic rings. The minimum absolute atomic E-state index is 0. The summed E-state index contributed by atoms with van der Waals surface area (Å²) in [5.74, 6) is 0.708. The number of benzene rings is 4. The Hall–Kier alpha value is -4.31. The topological polar surface area (TPSA) is 51.6 Å². The number of nitrogens with zero attached hydrogens (tertiary/aromatic N) is 4. The molecule has 0 amide bonds. The maximum Gasteiger partial charge on any atom is 0.0756 e. The molecule has 0 saturated carbocycles. The molecule has 7 rings (SSSR count). The van der Waals surface area contributed by atoms with Crippen LogP contribution in [0.4, 0.5) is 0 Å². The van der Waals surface area contributed by atoms with E-state index in [0.29, 0.717) is 5.82 Å². The van der Waals surface area contributed by atoms with Crippen LogP contribution < -0.4 is 0 Å². The van der Waals surface area contributed by atoms with Gasteiger partial charge in [0.05, 0.1) is 11.3 Å². The third-order valence-electron chi connectivity index (χ3n) is 6.67. The molecule has 0 aliphatic carbocycles. The van der Waals surface area contributed by atoms with Crippen LogP contribution >= 0.6 is 0 Å². The summed E-state index contributed by atoms with van der Waals surface area (Å²) in [6, 6.07) is 34.9. The number of fused-ring (bicyclic) bond motifs is 4. The van der Waals surface area contributed by atoms with Crippen LogP contribution in [-0.4, -0.2) is 19.9 Å². The molecule has 4 aromatic carbocycles. The van der Waals surface area contributed by atoms with E-state index in [4.69, 9.17) is 4.98 Å². The van der Waals surface area contributed by atoms with Gasteiger partial charge in [-0.05, 0) is 28.6 Å². The van der Waals surface area contributed by atoms with E-state index in [9.17, 15) is 0 Å². The minimum Gasteiger partial charge on any atom is -0.304 e. The first-order chi connectivity index (χ1) is 18.7. The molecule has 0 bridgehead atoms. The van der Waals surface area contributed by atoms with Gasteiger partial charge in [-0.15, -0.1) is 70.8 Å². The first kappa shape index (κ1) is 26.3. The van der Waals surface area contributed by atoms with E-state index in [2.05, 4.69) is 65.2 Å². The maximum absolute atomic E-state index is 4.77. The standard InChI is InChI=1S/C19H14N3.C15H10N.Ir/c1-12-3-4-14(9-13(12)2)19-21-11-16-6-5-15-10-20-8-7-17(15)18(16)22-19;1-2-7-13(8-3-1)15-14-9-5-4-6-12(14)10-11-16-15;/h3,5-11H,1-2H3;1-7,9-11H;/q2*-1;.